The van der Waals surface area contributed by atoms with Crippen molar-refractivity contribution in [2.24, 2.45) is 5.41 Å². The van der Waals surface area contributed by atoms with E-state index in [-0.39, 0.29) is 34.2 Å². The van der Waals surface area contributed by atoms with Crippen molar-refractivity contribution in [1.82, 2.24) is 20.3 Å². The number of ether oxygens (including phenoxy) is 4. The van der Waals surface area contributed by atoms with E-state index in [1.807, 2.05) is 17.9 Å². The molecule has 3 aromatic rings. The fraction of sp³-hybridized carbons (Fsp3) is 0.429. The van der Waals surface area contributed by atoms with Gasteiger partial charge in [-0.2, -0.15) is 5.26 Å². The highest BCUT2D eigenvalue weighted by atomic mass is 35.5. The first kappa shape index (κ1) is 29.1. The number of methoxy groups -OCH3 is 3. The molecule has 2 aromatic heterocycles. The van der Waals surface area contributed by atoms with Crippen LogP contribution >= 0.6 is 23.2 Å². The number of halogens is 2. The van der Waals surface area contributed by atoms with Crippen molar-refractivity contribution in [2.45, 2.75) is 25.2 Å². The van der Waals surface area contributed by atoms with Crippen LogP contribution in [0.25, 0.3) is 22.3 Å². The van der Waals surface area contributed by atoms with Gasteiger partial charge in [-0.3, -0.25) is 5.32 Å². The highest BCUT2D eigenvalue weighted by Crippen LogP contribution is 2.46. The minimum Gasteiger partial charge on any atom is -0.495 e. The van der Waals surface area contributed by atoms with Gasteiger partial charge < -0.3 is 29.2 Å². The van der Waals surface area contributed by atoms with E-state index in [1.165, 1.54) is 14.2 Å². The number of aromatic nitrogens is 3. The normalized spacial score (nSPS) is 20.3. The molecule has 0 saturated carbocycles. The van der Waals surface area contributed by atoms with Crippen molar-refractivity contribution >= 4 is 45.7 Å². The maximum atomic E-state index is 9.65. The Morgan fingerprint density at radius 1 is 1.15 bits per heavy atom. The second-order valence-corrected chi connectivity index (χ2v) is 11.0. The zero-order valence-corrected chi connectivity index (χ0v) is 24.7. The van der Waals surface area contributed by atoms with Gasteiger partial charge in [-0.25, -0.2) is 15.0 Å². The molecule has 2 saturated heterocycles. The first-order valence-corrected chi connectivity index (χ1v) is 13.7. The zero-order chi connectivity index (χ0) is 29.3. The van der Waals surface area contributed by atoms with Crippen LogP contribution < -0.4 is 25.0 Å². The summed E-state index contributed by atoms with van der Waals surface area (Å²) in [6.07, 6.45) is 3.07. The molecule has 0 amide bonds. The van der Waals surface area contributed by atoms with E-state index in [0.29, 0.717) is 60.5 Å². The number of fused-ring (bicyclic) bond motifs is 1. The van der Waals surface area contributed by atoms with Gasteiger partial charge in [0.15, 0.2) is 5.82 Å². The third kappa shape index (κ3) is 5.58. The molecule has 41 heavy (non-hydrogen) atoms. The van der Waals surface area contributed by atoms with Gasteiger partial charge in [0.2, 0.25) is 0 Å². The summed E-state index contributed by atoms with van der Waals surface area (Å²) in [5, 5.41) is 17.8. The molecule has 3 atom stereocenters. The number of hydrogen-bond acceptors (Lipinski definition) is 11. The molecule has 0 radical (unpaired) electrons. The lowest BCUT2D eigenvalue weighted by atomic mass is 9.83. The van der Waals surface area contributed by atoms with Crippen LogP contribution in [0.4, 0.5) is 11.6 Å². The monoisotopic (exact) mass is 599 g/mol. The first-order valence-electron chi connectivity index (χ1n) is 12.9. The average molecular weight is 601 g/mol. The Morgan fingerprint density at radius 2 is 1.83 bits per heavy atom. The van der Waals surface area contributed by atoms with Crippen LogP contribution in [0.2, 0.25) is 10.0 Å². The first-order chi connectivity index (χ1) is 19.7. The van der Waals surface area contributed by atoms with Gasteiger partial charge in [0.25, 0.3) is 0 Å². The summed E-state index contributed by atoms with van der Waals surface area (Å²) in [4.78, 5) is 16.4. The molecular formula is C28H31Cl2N7O4. The molecule has 1 unspecified atom stereocenters. The molecule has 2 aliphatic heterocycles. The molecule has 1 aromatic carbocycles. The van der Waals surface area contributed by atoms with Crippen molar-refractivity contribution in [1.29, 1.82) is 5.26 Å². The summed E-state index contributed by atoms with van der Waals surface area (Å²) in [6.45, 7) is 7.75. The minimum atomic E-state index is -0.483. The van der Waals surface area contributed by atoms with E-state index >= 15 is 0 Å². The summed E-state index contributed by atoms with van der Waals surface area (Å²) >= 11 is 13.4. The lowest BCUT2D eigenvalue weighted by molar-refractivity contribution is 0.0958. The third-order valence-corrected chi connectivity index (χ3v) is 8.02. The average Bonchev–Trinajstić information content (AvgIpc) is 3.40. The Bertz CT molecular complexity index is 1480. The second kappa shape index (κ2) is 11.8. The topological polar surface area (TPSA) is 127 Å². The van der Waals surface area contributed by atoms with Crippen LogP contribution in [0.1, 0.15) is 6.92 Å². The van der Waals surface area contributed by atoms with Crippen molar-refractivity contribution < 1.29 is 18.9 Å². The second-order valence-electron chi connectivity index (χ2n) is 10.2. The Kier molecular flexibility index (Phi) is 8.40. The summed E-state index contributed by atoms with van der Waals surface area (Å²) in [5.41, 5.74) is 0.479. The number of hydrogen-bond donors (Lipinski definition) is 2. The van der Waals surface area contributed by atoms with Crippen molar-refractivity contribution in [3.63, 3.8) is 0 Å². The van der Waals surface area contributed by atoms with E-state index in [9.17, 15) is 5.26 Å². The molecule has 216 valence electrons. The highest BCUT2D eigenvalue weighted by molar-refractivity contribution is 6.41. The van der Waals surface area contributed by atoms with Crippen LogP contribution in [-0.2, 0) is 9.47 Å². The number of benzene rings is 1. The smallest absolute Gasteiger partial charge is 0.165 e. The zero-order valence-electron chi connectivity index (χ0n) is 23.2. The number of rotatable bonds is 10. The Morgan fingerprint density at radius 3 is 2.44 bits per heavy atom. The van der Waals surface area contributed by atoms with E-state index in [0.717, 1.165) is 5.39 Å². The summed E-state index contributed by atoms with van der Waals surface area (Å²) < 4.78 is 22.0. The molecule has 2 fully saturated rings. The molecule has 2 N–H and O–H groups in total. The van der Waals surface area contributed by atoms with Gasteiger partial charge in [0.1, 0.15) is 29.4 Å². The van der Waals surface area contributed by atoms with E-state index in [1.54, 1.807) is 25.4 Å². The minimum absolute atomic E-state index is 0.0208. The molecule has 11 nitrogen and oxygen atoms in total. The Balaban J connectivity index is 1.57. The number of pyridine rings is 1. The quantitative estimate of drug-likeness (QED) is 0.256. The van der Waals surface area contributed by atoms with Crippen LogP contribution in [0.5, 0.6) is 11.5 Å². The molecule has 4 heterocycles. The number of nitrogens with one attached hydrogen (secondary N) is 2. The molecule has 0 spiro atoms. The number of nitrogens with zero attached hydrogens (tertiary/aromatic N) is 5. The maximum absolute atomic E-state index is 9.65. The predicted octanol–water partition coefficient (Wildman–Crippen LogP) is 4.29. The van der Waals surface area contributed by atoms with Crippen LogP contribution in [0.15, 0.2) is 31.0 Å². The maximum Gasteiger partial charge on any atom is 0.165 e. The largest absolute Gasteiger partial charge is 0.495 e. The SMILES string of the molecule is C=CC(N[C@H]1COC[C@H]1Nc1cc2c(N3CC(C)(C#N)C3)nc(-c3c(Cl)c(OC)cc(OC)c3Cl)nc2cn1)OC. The van der Waals surface area contributed by atoms with Gasteiger partial charge in [-0.1, -0.05) is 29.8 Å². The fourth-order valence-corrected chi connectivity index (χ4v) is 5.71. The van der Waals surface area contributed by atoms with Crippen LogP contribution in [0.3, 0.4) is 0 Å². The van der Waals surface area contributed by atoms with Gasteiger partial charge in [0, 0.05) is 31.7 Å². The molecule has 5 rings (SSSR count). The standard InChI is InChI=1S/C28H31Cl2N7O4/c1-6-22(40-5)34-18-11-41-10-17(18)33-21-7-15-16(9-32-21)35-26(36-27(15)37-13-28(2,12-31)14-37)23-24(29)19(38-3)8-20(39-4)25(23)30/h6-9,17-18,22,34H,1,10-11,13-14H2,2-5H3,(H,32,33)/t17-,18+,22?/m1/s1. The molecule has 0 aliphatic carbocycles. The van der Waals surface area contributed by atoms with Crippen molar-refractivity contribution in [3.05, 3.63) is 41.0 Å². The van der Waals surface area contributed by atoms with Gasteiger partial charge in [-0.15, -0.1) is 0 Å². The number of nitriles is 1. The van der Waals surface area contributed by atoms with Crippen LogP contribution in [-0.4, -0.2) is 80.9 Å². The van der Waals surface area contributed by atoms with Crippen molar-refractivity contribution in [3.8, 4) is 29.0 Å². The molecule has 2 aliphatic rings. The lowest BCUT2D eigenvalue weighted by Gasteiger charge is -2.44. The number of anilines is 2. The predicted molar refractivity (Wildman–Crippen MR) is 158 cm³/mol. The molecule has 0 bridgehead atoms. The highest BCUT2D eigenvalue weighted by Gasteiger charge is 2.41. The van der Waals surface area contributed by atoms with E-state index < -0.39 is 5.41 Å². The summed E-state index contributed by atoms with van der Waals surface area (Å²) in [5.74, 6) is 2.31. The summed E-state index contributed by atoms with van der Waals surface area (Å²) in [7, 11) is 4.64. The van der Waals surface area contributed by atoms with Gasteiger partial charge in [0.05, 0.1) is 78.3 Å². The van der Waals surface area contributed by atoms with E-state index in [2.05, 4.69) is 28.3 Å². The van der Waals surface area contributed by atoms with Gasteiger partial charge in [-0.05, 0) is 19.1 Å². The van der Waals surface area contributed by atoms with Crippen molar-refractivity contribution in [2.75, 3.05) is 57.8 Å². The Hall–Kier alpha value is -3.40. The summed E-state index contributed by atoms with van der Waals surface area (Å²) in [6, 6.07) is 5.82. The van der Waals surface area contributed by atoms with Gasteiger partial charge >= 0.3 is 0 Å². The molecular weight excluding hydrogens is 569 g/mol. The molecule has 13 heteroatoms. The fourth-order valence-electron chi connectivity index (χ4n) is 5.04. The van der Waals surface area contributed by atoms with E-state index in [4.69, 9.17) is 52.1 Å². The third-order valence-electron chi connectivity index (χ3n) is 7.27. The lowest BCUT2D eigenvalue weighted by Crippen LogP contribution is -2.54. The van der Waals surface area contributed by atoms with Crippen LogP contribution in [0, 0.1) is 16.7 Å². The Labute approximate surface area is 248 Å².